The van der Waals surface area contributed by atoms with Crippen molar-refractivity contribution in [3.05, 3.63) is 82.4 Å². The Kier molecular flexibility index (Phi) is 7.06. The summed E-state index contributed by atoms with van der Waals surface area (Å²) in [5, 5.41) is 1.77. The Labute approximate surface area is 191 Å². The number of unbranched alkanes of at least 4 members (excludes halogenated alkanes) is 4. The lowest BCUT2D eigenvalue weighted by molar-refractivity contribution is -0.140. The Balaban J connectivity index is 1.74. The molecule has 0 aromatic heterocycles. The van der Waals surface area contributed by atoms with Gasteiger partial charge < -0.3 is 0 Å². The van der Waals surface area contributed by atoms with Gasteiger partial charge in [-0.15, -0.1) is 0 Å². The predicted molar refractivity (Wildman–Crippen MR) is 122 cm³/mol. The van der Waals surface area contributed by atoms with Crippen LogP contribution >= 0.6 is 0 Å². The molecular weight excluding hydrogens is 431 g/mol. The standard InChI is InChI=1S/C28H29F5/c1-2-3-4-5-6-7-19-10-13-22-23(14-9-18-8-12-21(29)17-24(18)22)27(19)20-11-15-25(26(30)16-20)28(31,32)33/h8-9,11-12,14-17,19,27H,2-7,10,13H2,1H3/t19-,27-/m1/s1. The van der Waals surface area contributed by atoms with E-state index in [4.69, 9.17) is 0 Å². The van der Waals surface area contributed by atoms with Crippen molar-refractivity contribution in [2.24, 2.45) is 5.92 Å². The van der Waals surface area contributed by atoms with E-state index in [0.29, 0.717) is 5.56 Å². The molecule has 0 saturated carbocycles. The number of halogens is 5. The van der Waals surface area contributed by atoms with Crippen LogP contribution in [0.5, 0.6) is 0 Å². The number of hydrogen-bond acceptors (Lipinski definition) is 0. The number of hydrogen-bond donors (Lipinski definition) is 0. The second-order valence-corrected chi connectivity index (χ2v) is 9.22. The first-order chi connectivity index (χ1) is 15.8. The predicted octanol–water partition coefficient (Wildman–Crippen LogP) is 9.19. The lowest BCUT2D eigenvalue weighted by Gasteiger charge is -2.35. The van der Waals surface area contributed by atoms with Gasteiger partial charge in [-0.1, -0.05) is 63.3 Å². The maximum atomic E-state index is 14.5. The van der Waals surface area contributed by atoms with E-state index < -0.39 is 17.6 Å². The summed E-state index contributed by atoms with van der Waals surface area (Å²) >= 11 is 0. The van der Waals surface area contributed by atoms with Crippen LogP contribution in [0.1, 0.15) is 80.0 Å². The summed E-state index contributed by atoms with van der Waals surface area (Å²) in [6.45, 7) is 2.17. The number of fused-ring (bicyclic) bond motifs is 3. The molecule has 0 unspecified atom stereocenters. The van der Waals surface area contributed by atoms with Crippen molar-refractivity contribution >= 4 is 10.8 Å². The molecule has 0 aliphatic heterocycles. The normalized spacial score (nSPS) is 18.5. The Hall–Kier alpha value is -2.43. The minimum Gasteiger partial charge on any atom is -0.207 e. The van der Waals surface area contributed by atoms with Crippen molar-refractivity contribution in [3.8, 4) is 0 Å². The summed E-state index contributed by atoms with van der Waals surface area (Å²) in [6.07, 6.45) is 3.54. The molecule has 0 amide bonds. The topological polar surface area (TPSA) is 0 Å². The maximum absolute atomic E-state index is 14.5. The average molecular weight is 461 g/mol. The molecule has 0 fully saturated rings. The van der Waals surface area contributed by atoms with Gasteiger partial charge in [-0.25, -0.2) is 8.78 Å². The van der Waals surface area contributed by atoms with E-state index in [0.717, 1.165) is 72.6 Å². The van der Waals surface area contributed by atoms with Crippen molar-refractivity contribution in [1.82, 2.24) is 0 Å². The van der Waals surface area contributed by atoms with Gasteiger partial charge in [-0.3, -0.25) is 0 Å². The summed E-state index contributed by atoms with van der Waals surface area (Å²) in [7, 11) is 0. The van der Waals surface area contributed by atoms with Crippen molar-refractivity contribution in [3.63, 3.8) is 0 Å². The molecule has 0 bridgehead atoms. The highest BCUT2D eigenvalue weighted by molar-refractivity contribution is 5.87. The lowest BCUT2D eigenvalue weighted by Crippen LogP contribution is -2.23. The fourth-order valence-electron chi connectivity index (χ4n) is 5.42. The molecule has 4 rings (SSSR count). The zero-order chi connectivity index (χ0) is 23.6. The lowest BCUT2D eigenvalue weighted by atomic mass is 9.69. The van der Waals surface area contributed by atoms with Gasteiger partial charge in [0.2, 0.25) is 0 Å². The Morgan fingerprint density at radius 1 is 0.879 bits per heavy atom. The highest BCUT2D eigenvalue weighted by Gasteiger charge is 2.36. The molecule has 0 spiro atoms. The second kappa shape index (κ2) is 9.82. The third-order valence-electron chi connectivity index (χ3n) is 7.04. The van der Waals surface area contributed by atoms with Crippen LogP contribution in [0.25, 0.3) is 10.8 Å². The van der Waals surface area contributed by atoms with E-state index in [1.807, 2.05) is 12.1 Å². The van der Waals surface area contributed by atoms with Gasteiger partial charge in [0.05, 0.1) is 5.56 Å². The molecule has 0 heterocycles. The van der Waals surface area contributed by atoms with Gasteiger partial charge in [0, 0.05) is 5.92 Å². The van der Waals surface area contributed by atoms with Gasteiger partial charge in [0.25, 0.3) is 0 Å². The van der Waals surface area contributed by atoms with Crippen LogP contribution in [0.3, 0.4) is 0 Å². The summed E-state index contributed by atoms with van der Waals surface area (Å²) in [5.74, 6) is -1.54. The quantitative estimate of drug-likeness (QED) is 0.243. The number of aryl methyl sites for hydroxylation is 1. The van der Waals surface area contributed by atoms with Gasteiger partial charge in [0.15, 0.2) is 0 Å². The first-order valence-corrected chi connectivity index (χ1v) is 11.9. The van der Waals surface area contributed by atoms with Crippen LogP contribution < -0.4 is 0 Å². The van der Waals surface area contributed by atoms with E-state index in [9.17, 15) is 22.0 Å². The van der Waals surface area contributed by atoms with Gasteiger partial charge in [-0.05, 0) is 76.9 Å². The Bertz CT molecular complexity index is 1120. The zero-order valence-electron chi connectivity index (χ0n) is 18.8. The summed E-state index contributed by atoms with van der Waals surface area (Å²) in [5.41, 5.74) is 1.34. The SMILES string of the molecule is CCCCCCC[C@@H]1CCc2c(ccc3ccc(F)cc23)[C@H]1c1ccc(C(F)(F)F)c(F)c1. The van der Waals surface area contributed by atoms with Crippen molar-refractivity contribution in [2.45, 2.75) is 70.4 Å². The molecule has 0 radical (unpaired) electrons. The van der Waals surface area contributed by atoms with Crippen molar-refractivity contribution in [2.75, 3.05) is 0 Å². The molecule has 0 nitrogen and oxygen atoms in total. The fourth-order valence-corrected chi connectivity index (χ4v) is 5.42. The smallest absolute Gasteiger partial charge is 0.207 e. The van der Waals surface area contributed by atoms with E-state index in [1.165, 1.54) is 31.0 Å². The monoisotopic (exact) mass is 460 g/mol. The second-order valence-electron chi connectivity index (χ2n) is 9.22. The molecule has 1 aliphatic rings. The first kappa shape index (κ1) is 23.7. The van der Waals surface area contributed by atoms with Crippen LogP contribution in [0.2, 0.25) is 0 Å². The van der Waals surface area contributed by atoms with Gasteiger partial charge in [0.1, 0.15) is 11.6 Å². The van der Waals surface area contributed by atoms with Crippen LogP contribution in [-0.4, -0.2) is 0 Å². The third-order valence-corrected chi connectivity index (χ3v) is 7.04. The number of rotatable bonds is 7. The van der Waals surface area contributed by atoms with Crippen LogP contribution in [0, 0.1) is 17.6 Å². The molecule has 0 saturated heterocycles. The third kappa shape index (κ3) is 5.07. The summed E-state index contributed by atoms with van der Waals surface area (Å²) < 4.78 is 68.0. The number of alkyl halides is 3. The van der Waals surface area contributed by atoms with Gasteiger partial charge in [-0.2, -0.15) is 13.2 Å². The van der Waals surface area contributed by atoms with Crippen molar-refractivity contribution < 1.29 is 22.0 Å². The molecule has 5 heteroatoms. The molecule has 1 aliphatic carbocycles. The van der Waals surface area contributed by atoms with E-state index in [-0.39, 0.29) is 17.7 Å². The minimum atomic E-state index is -4.72. The summed E-state index contributed by atoms with van der Waals surface area (Å²) in [6, 6.07) is 12.0. The first-order valence-electron chi connectivity index (χ1n) is 11.9. The van der Waals surface area contributed by atoms with E-state index >= 15 is 0 Å². The summed E-state index contributed by atoms with van der Waals surface area (Å²) in [4.78, 5) is 0. The highest BCUT2D eigenvalue weighted by Crippen LogP contribution is 2.46. The number of benzene rings is 3. The molecule has 3 aromatic carbocycles. The van der Waals surface area contributed by atoms with Crippen LogP contribution in [-0.2, 0) is 12.6 Å². The maximum Gasteiger partial charge on any atom is 0.419 e. The largest absolute Gasteiger partial charge is 0.419 e. The van der Waals surface area contributed by atoms with Crippen molar-refractivity contribution in [1.29, 1.82) is 0 Å². The van der Waals surface area contributed by atoms with Gasteiger partial charge >= 0.3 is 6.18 Å². The molecule has 2 atom stereocenters. The van der Waals surface area contributed by atoms with Crippen LogP contribution in [0.15, 0.2) is 48.5 Å². The van der Waals surface area contributed by atoms with E-state index in [1.54, 1.807) is 6.07 Å². The molecular formula is C28H29F5. The average Bonchev–Trinajstić information content (AvgIpc) is 2.77. The zero-order valence-corrected chi connectivity index (χ0v) is 18.8. The Morgan fingerprint density at radius 3 is 2.36 bits per heavy atom. The molecule has 33 heavy (non-hydrogen) atoms. The van der Waals surface area contributed by atoms with E-state index in [2.05, 4.69) is 6.92 Å². The minimum absolute atomic E-state index is 0.204. The highest BCUT2D eigenvalue weighted by atomic mass is 19.4. The molecule has 176 valence electrons. The fraction of sp³-hybridized carbons (Fsp3) is 0.429. The molecule has 3 aromatic rings. The Morgan fingerprint density at radius 2 is 1.64 bits per heavy atom. The molecule has 0 N–H and O–H groups in total. The van der Waals surface area contributed by atoms with Crippen LogP contribution in [0.4, 0.5) is 22.0 Å².